The van der Waals surface area contributed by atoms with E-state index in [4.69, 9.17) is 23.2 Å². The fourth-order valence-corrected chi connectivity index (χ4v) is 4.25. The number of aromatic carboxylic acids is 1. The Kier molecular flexibility index (Phi) is 4.24. The Morgan fingerprint density at radius 3 is 2.62 bits per heavy atom. The fourth-order valence-electron chi connectivity index (χ4n) is 2.78. The predicted molar refractivity (Wildman–Crippen MR) is 84.6 cm³/mol. The van der Waals surface area contributed by atoms with Crippen molar-refractivity contribution in [2.75, 3.05) is 0 Å². The number of thiophene rings is 1. The maximum Gasteiger partial charge on any atom is 0.339 e. The van der Waals surface area contributed by atoms with Crippen molar-refractivity contribution in [3.63, 3.8) is 0 Å². The fraction of sp³-hybridized carbons (Fsp3) is 0.429. The third-order valence-corrected chi connectivity index (χ3v) is 5.31. The third kappa shape index (κ3) is 2.96. The van der Waals surface area contributed by atoms with Gasteiger partial charge in [-0.3, -0.25) is 4.68 Å². The average Bonchev–Trinajstić information content (AvgIpc) is 3.03. The van der Waals surface area contributed by atoms with Gasteiger partial charge in [-0.15, -0.1) is 11.3 Å². The summed E-state index contributed by atoms with van der Waals surface area (Å²) in [6.45, 7) is 0. The molecular weight excluding hydrogens is 331 g/mol. The number of carboxylic acid groups (broad SMARTS) is 1. The van der Waals surface area contributed by atoms with E-state index in [-0.39, 0.29) is 11.6 Å². The van der Waals surface area contributed by atoms with Crippen molar-refractivity contribution in [1.82, 2.24) is 9.78 Å². The van der Waals surface area contributed by atoms with Gasteiger partial charge in [0, 0.05) is 11.8 Å². The van der Waals surface area contributed by atoms with Crippen molar-refractivity contribution in [2.45, 2.75) is 38.1 Å². The van der Waals surface area contributed by atoms with Crippen LogP contribution in [-0.4, -0.2) is 20.9 Å². The summed E-state index contributed by atoms with van der Waals surface area (Å²) in [4.78, 5) is 11.5. The first-order chi connectivity index (χ1) is 10.1. The minimum absolute atomic E-state index is 0.178. The van der Waals surface area contributed by atoms with Crippen LogP contribution in [0.3, 0.4) is 0 Å². The van der Waals surface area contributed by atoms with Crippen LogP contribution in [0.25, 0.3) is 11.3 Å². The molecule has 2 aromatic rings. The minimum Gasteiger partial charge on any atom is -0.478 e. The van der Waals surface area contributed by atoms with Crippen molar-refractivity contribution in [1.29, 1.82) is 0 Å². The summed E-state index contributed by atoms with van der Waals surface area (Å²) in [5.41, 5.74) is 1.18. The zero-order valence-electron chi connectivity index (χ0n) is 11.2. The second kappa shape index (κ2) is 5.99. The SMILES string of the molecule is O=C(O)c1cn(C2CCCCC2)nc1-c1cc(Cl)sc1Cl. The smallest absolute Gasteiger partial charge is 0.339 e. The van der Waals surface area contributed by atoms with E-state index in [0.29, 0.717) is 19.9 Å². The molecule has 0 unspecified atom stereocenters. The lowest BCUT2D eigenvalue weighted by molar-refractivity contribution is 0.0697. The quantitative estimate of drug-likeness (QED) is 0.840. The standard InChI is InChI=1S/C14H14Cl2N2O2S/c15-11-6-9(13(16)21-11)12-10(14(19)20)7-18(17-12)8-4-2-1-3-5-8/h6-8H,1-5H2,(H,19,20). The van der Waals surface area contributed by atoms with Gasteiger partial charge in [0.2, 0.25) is 0 Å². The lowest BCUT2D eigenvalue weighted by Crippen LogP contribution is -2.13. The predicted octanol–water partition coefficient (Wildman–Crippen LogP) is 5.12. The first-order valence-electron chi connectivity index (χ1n) is 6.84. The highest BCUT2D eigenvalue weighted by Gasteiger charge is 2.24. The maximum absolute atomic E-state index is 11.5. The Morgan fingerprint density at radius 2 is 2.05 bits per heavy atom. The number of hydrogen-bond acceptors (Lipinski definition) is 3. The lowest BCUT2D eigenvalue weighted by Gasteiger charge is -2.21. The number of aromatic nitrogens is 2. The van der Waals surface area contributed by atoms with Gasteiger partial charge in [-0.25, -0.2) is 4.79 Å². The van der Waals surface area contributed by atoms with Crippen LogP contribution in [0.15, 0.2) is 12.3 Å². The van der Waals surface area contributed by atoms with Crippen LogP contribution in [0, 0.1) is 0 Å². The second-order valence-electron chi connectivity index (χ2n) is 5.21. The molecule has 1 N–H and O–H groups in total. The summed E-state index contributed by atoms with van der Waals surface area (Å²) in [7, 11) is 0. The first kappa shape index (κ1) is 14.9. The van der Waals surface area contributed by atoms with Gasteiger partial charge in [-0.05, 0) is 18.9 Å². The molecule has 4 nitrogen and oxygen atoms in total. The molecule has 1 aliphatic rings. The van der Waals surface area contributed by atoms with Crippen molar-refractivity contribution in [2.24, 2.45) is 0 Å². The van der Waals surface area contributed by atoms with Crippen molar-refractivity contribution < 1.29 is 9.90 Å². The van der Waals surface area contributed by atoms with Gasteiger partial charge < -0.3 is 5.11 Å². The summed E-state index contributed by atoms with van der Waals surface area (Å²) >= 11 is 13.3. The van der Waals surface area contributed by atoms with Gasteiger partial charge in [-0.1, -0.05) is 42.5 Å². The van der Waals surface area contributed by atoms with Gasteiger partial charge >= 0.3 is 5.97 Å². The number of halogens is 2. The summed E-state index contributed by atoms with van der Waals surface area (Å²) in [5, 5.41) is 13.9. The number of rotatable bonds is 3. The second-order valence-corrected chi connectivity index (χ2v) is 7.49. The van der Waals surface area contributed by atoms with Crippen LogP contribution in [-0.2, 0) is 0 Å². The van der Waals surface area contributed by atoms with E-state index in [1.165, 1.54) is 17.8 Å². The zero-order valence-corrected chi connectivity index (χ0v) is 13.5. The summed E-state index contributed by atoms with van der Waals surface area (Å²) in [6, 6.07) is 1.95. The average molecular weight is 345 g/mol. The topological polar surface area (TPSA) is 55.1 Å². The Morgan fingerprint density at radius 1 is 1.33 bits per heavy atom. The Bertz CT molecular complexity index is 675. The summed E-state index contributed by atoms with van der Waals surface area (Å²) < 4.78 is 2.79. The molecule has 1 aliphatic carbocycles. The van der Waals surface area contributed by atoms with Crippen molar-refractivity contribution in [3.8, 4) is 11.3 Å². The van der Waals surface area contributed by atoms with Gasteiger partial charge in [0.25, 0.3) is 0 Å². The highest BCUT2D eigenvalue weighted by Crippen LogP contribution is 2.39. The number of carboxylic acids is 1. The van der Waals surface area contributed by atoms with Gasteiger partial charge in [0.05, 0.1) is 10.4 Å². The van der Waals surface area contributed by atoms with Gasteiger partial charge in [-0.2, -0.15) is 5.10 Å². The molecule has 112 valence electrons. The van der Waals surface area contributed by atoms with Gasteiger partial charge in [0.15, 0.2) is 0 Å². The molecule has 0 radical (unpaired) electrons. The molecule has 0 aromatic carbocycles. The molecule has 0 spiro atoms. The molecule has 0 aliphatic heterocycles. The highest BCUT2D eigenvalue weighted by molar-refractivity contribution is 7.20. The van der Waals surface area contributed by atoms with Crippen LogP contribution >= 0.6 is 34.5 Å². The molecule has 0 saturated heterocycles. The normalized spacial score (nSPS) is 16.3. The summed E-state index contributed by atoms with van der Waals surface area (Å²) in [5.74, 6) is -0.995. The minimum atomic E-state index is -0.995. The molecule has 0 atom stereocenters. The van der Waals surface area contributed by atoms with Crippen LogP contribution in [0.5, 0.6) is 0 Å². The Hall–Kier alpha value is -1.04. The van der Waals surface area contributed by atoms with Gasteiger partial charge in [0.1, 0.15) is 15.6 Å². The molecule has 21 heavy (non-hydrogen) atoms. The van der Waals surface area contributed by atoms with Crippen LogP contribution < -0.4 is 0 Å². The van der Waals surface area contributed by atoms with Crippen molar-refractivity contribution in [3.05, 3.63) is 26.5 Å². The largest absolute Gasteiger partial charge is 0.478 e. The van der Waals surface area contributed by atoms with E-state index in [1.54, 1.807) is 16.9 Å². The van der Waals surface area contributed by atoms with E-state index >= 15 is 0 Å². The number of nitrogens with zero attached hydrogens (tertiary/aromatic N) is 2. The zero-order chi connectivity index (χ0) is 15.0. The maximum atomic E-state index is 11.5. The van der Waals surface area contributed by atoms with Crippen LogP contribution in [0.4, 0.5) is 0 Å². The number of hydrogen-bond donors (Lipinski definition) is 1. The van der Waals surface area contributed by atoms with Crippen molar-refractivity contribution >= 4 is 40.5 Å². The van der Waals surface area contributed by atoms with E-state index in [2.05, 4.69) is 5.10 Å². The summed E-state index contributed by atoms with van der Waals surface area (Å²) in [6.07, 6.45) is 7.26. The van der Waals surface area contributed by atoms with E-state index in [9.17, 15) is 9.90 Å². The van der Waals surface area contributed by atoms with Crippen LogP contribution in [0.1, 0.15) is 48.5 Å². The van der Waals surface area contributed by atoms with E-state index in [0.717, 1.165) is 25.7 Å². The highest BCUT2D eigenvalue weighted by atomic mass is 35.5. The molecule has 1 fully saturated rings. The van der Waals surface area contributed by atoms with E-state index < -0.39 is 5.97 Å². The van der Waals surface area contributed by atoms with E-state index in [1.807, 2.05) is 0 Å². The first-order valence-corrected chi connectivity index (χ1v) is 8.41. The van der Waals surface area contributed by atoms with Crippen LogP contribution in [0.2, 0.25) is 8.67 Å². The molecule has 2 aromatic heterocycles. The molecule has 1 saturated carbocycles. The molecule has 0 bridgehead atoms. The molecule has 2 heterocycles. The monoisotopic (exact) mass is 344 g/mol. The molecule has 7 heteroatoms. The Labute approximate surface area is 136 Å². The lowest BCUT2D eigenvalue weighted by atomic mass is 9.96. The molecule has 3 rings (SSSR count). The third-order valence-electron chi connectivity index (χ3n) is 3.82. The Balaban J connectivity index is 2.04. The number of carbonyl (C=O) groups is 1. The molecular formula is C14H14Cl2N2O2S. The molecule has 0 amide bonds.